The molecule has 1 heteroatoms. The van der Waals surface area contributed by atoms with Crippen molar-refractivity contribution >= 4 is 0 Å². The van der Waals surface area contributed by atoms with Gasteiger partial charge in [0, 0.05) is 11.6 Å². The lowest BCUT2D eigenvalue weighted by atomic mass is 10.0. The number of rotatable bonds is 3. The van der Waals surface area contributed by atoms with Crippen molar-refractivity contribution in [2.75, 3.05) is 6.54 Å². The van der Waals surface area contributed by atoms with Gasteiger partial charge >= 0.3 is 0 Å². The largest absolute Gasteiger partial charge is 0.296 e. The van der Waals surface area contributed by atoms with E-state index in [-0.39, 0.29) is 0 Å². The van der Waals surface area contributed by atoms with Gasteiger partial charge in [-0.3, -0.25) is 4.90 Å². The van der Waals surface area contributed by atoms with Gasteiger partial charge in [0.2, 0.25) is 0 Å². The van der Waals surface area contributed by atoms with Gasteiger partial charge in [-0.2, -0.15) is 0 Å². The summed E-state index contributed by atoms with van der Waals surface area (Å²) in [6.45, 7) is 12.8. The normalized spacial score (nSPS) is 21.5. The lowest BCUT2D eigenvalue weighted by Crippen LogP contribution is -2.47. The van der Waals surface area contributed by atoms with Crippen LogP contribution in [0.2, 0.25) is 0 Å². The highest BCUT2D eigenvalue weighted by Crippen LogP contribution is 2.37. The first-order chi connectivity index (χ1) is 5.46. The summed E-state index contributed by atoms with van der Waals surface area (Å²) in [5, 5.41) is 0. The van der Waals surface area contributed by atoms with Crippen molar-refractivity contribution < 1.29 is 0 Å². The zero-order valence-electron chi connectivity index (χ0n) is 9.22. The predicted molar refractivity (Wildman–Crippen MR) is 54.3 cm³/mol. The topological polar surface area (TPSA) is 3.24 Å². The minimum atomic E-state index is 0.344. The molecule has 1 fully saturated rings. The Balaban J connectivity index is 2.53. The standard InChI is InChI=1S/C11H23N/c1-6-12(11(3,4)5)9(2)10-7-8-10/h9-10H,6-8H2,1-5H3. The van der Waals surface area contributed by atoms with Crippen molar-refractivity contribution in [1.82, 2.24) is 4.90 Å². The Bertz CT molecular complexity index is 142. The average Bonchev–Trinajstić information content (AvgIpc) is 2.65. The van der Waals surface area contributed by atoms with Gasteiger partial charge in [0.15, 0.2) is 0 Å². The van der Waals surface area contributed by atoms with Crippen LogP contribution >= 0.6 is 0 Å². The Morgan fingerprint density at radius 3 is 2.08 bits per heavy atom. The molecule has 1 nitrogen and oxygen atoms in total. The van der Waals surface area contributed by atoms with Gasteiger partial charge in [-0.1, -0.05) is 6.92 Å². The van der Waals surface area contributed by atoms with E-state index in [2.05, 4.69) is 39.5 Å². The highest BCUT2D eigenvalue weighted by atomic mass is 15.2. The molecule has 1 rings (SSSR count). The first kappa shape index (κ1) is 10.0. The van der Waals surface area contributed by atoms with E-state index in [9.17, 15) is 0 Å². The van der Waals surface area contributed by atoms with Crippen molar-refractivity contribution in [3.63, 3.8) is 0 Å². The van der Waals surface area contributed by atoms with Gasteiger partial charge in [0.1, 0.15) is 0 Å². The molecule has 1 unspecified atom stereocenters. The average molecular weight is 169 g/mol. The third-order valence-corrected chi connectivity index (χ3v) is 3.00. The van der Waals surface area contributed by atoms with E-state index in [4.69, 9.17) is 0 Å². The molecule has 0 aliphatic heterocycles. The van der Waals surface area contributed by atoms with Crippen LogP contribution in [0.15, 0.2) is 0 Å². The van der Waals surface area contributed by atoms with E-state index >= 15 is 0 Å². The minimum Gasteiger partial charge on any atom is -0.296 e. The molecule has 0 amide bonds. The van der Waals surface area contributed by atoms with E-state index < -0.39 is 0 Å². The molecule has 0 aromatic carbocycles. The van der Waals surface area contributed by atoms with Crippen molar-refractivity contribution in [2.45, 2.75) is 59.0 Å². The molecule has 0 radical (unpaired) electrons. The van der Waals surface area contributed by atoms with Gasteiger partial charge in [0.05, 0.1) is 0 Å². The first-order valence-electron chi connectivity index (χ1n) is 5.23. The maximum absolute atomic E-state index is 2.62. The van der Waals surface area contributed by atoms with Crippen molar-refractivity contribution in [1.29, 1.82) is 0 Å². The molecule has 0 aromatic heterocycles. The molecule has 0 N–H and O–H groups in total. The maximum Gasteiger partial charge on any atom is 0.0127 e. The lowest BCUT2D eigenvalue weighted by Gasteiger charge is -2.39. The molecule has 0 heterocycles. The summed E-state index contributed by atoms with van der Waals surface area (Å²) in [7, 11) is 0. The minimum absolute atomic E-state index is 0.344. The van der Waals surface area contributed by atoms with Crippen molar-refractivity contribution in [3.8, 4) is 0 Å². The summed E-state index contributed by atoms with van der Waals surface area (Å²) < 4.78 is 0. The molecule has 1 aliphatic rings. The molecule has 0 bridgehead atoms. The van der Waals surface area contributed by atoms with Crippen LogP contribution < -0.4 is 0 Å². The molecule has 72 valence electrons. The zero-order chi connectivity index (χ0) is 9.35. The van der Waals surface area contributed by atoms with Crippen LogP contribution in [0.1, 0.15) is 47.5 Å². The Morgan fingerprint density at radius 1 is 1.33 bits per heavy atom. The Hall–Kier alpha value is -0.0400. The molecular weight excluding hydrogens is 146 g/mol. The molecule has 0 spiro atoms. The zero-order valence-corrected chi connectivity index (χ0v) is 9.22. The van der Waals surface area contributed by atoms with Crippen LogP contribution in [-0.2, 0) is 0 Å². The Kier molecular flexibility index (Phi) is 2.82. The van der Waals surface area contributed by atoms with Gasteiger partial charge in [0.25, 0.3) is 0 Å². The van der Waals surface area contributed by atoms with Crippen LogP contribution in [0.3, 0.4) is 0 Å². The summed E-state index contributed by atoms with van der Waals surface area (Å²) in [4.78, 5) is 2.62. The molecule has 12 heavy (non-hydrogen) atoms. The van der Waals surface area contributed by atoms with Crippen LogP contribution in [0.25, 0.3) is 0 Å². The summed E-state index contributed by atoms with van der Waals surface area (Å²) in [5.74, 6) is 0.990. The fraction of sp³-hybridized carbons (Fsp3) is 1.00. The lowest BCUT2D eigenvalue weighted by molar-refractivity contribution is 0.0858. The fourth-order valence-electron chi connectivity index (χ4n) is 2.21. The Morgan fingerprint density at radius 2 is 1.83 bits per heavy atom. The van der Waals surface area contributed by atoms with Crippen LogP contribution in [0.5, 0.6) is 0 Å². The molecule has 0 aromatic rings. The highest BCUT2D eigenvalue weighted by Gasteiger charge is 2.35. The van der Waals surface area contributed by atoms with E-state index in [0.717, 1.165) is 12.0 Å². The molecule has 0 saturated heterocycles. The molecule has 1 atom stereocenters. The smallest absolute Gasteiger partial charge is 0.0127 e. The van der Waals surface area contributed by atoms with Gasteiger partial charge < -0.3 is 0 Å². The van der Waals surface area contributed by atoms with E-state index in [1.54, 1.807) is 0 Å². The van der Waals surface area contributed by atoms with Crippen molar-refractivity contribution in [3.05, 3.63) is 0 Å². The Labute approximate surface area is 77.1 Å². The van der Waals surface area contributed by atoms with Crippen LogP contribution in [0, 0.1) is 5.92 Å². The molecule has 1 aliphatic carbocycles. The van der Waals surface area contributed by atoms with Gasteiger partial charge in [-0.15, -0.1) is 0 Å². The summed E-state index contributed by atoms with van der Waals surface area (Å²) in [5.41, 5.74) is 0.344. The first-order valence-corrected chi connectivity index (χ1v) is 5.23. The predicted octanol–water partition coefficient (Wildman–Crippen LogP) is 2.91. The second-order valence-electron chi connectivity index (χ2n) is 5.03. The fourth-order valence-corrected chi connectivity index (χ4v) is 2.21. The van der Waals surface area contributed by atoms with Gasteiger partial charge in [-0.25, -0.2) is 0 Å². The summed E-state index contributed by atoms with van der Waals surface area (Å²) in [6, 6.07) is 0.787. The summed E-state index contributed by atoms with van der Waals surface area (Å²) >= 11 is 0. The second-order valence-corrected chi connectivity index (χ2v) is 5.03. The quantitative estimate of drug-likeness (QED) is 0.628. The maximum atomic E-state index is 2.62. The highest BCUT2D eigenvalue weighted by molar-refractivity contribution is 4.89. The number of hydrogen-bond donors (Lipinski definition) is 0. The molecule has 1 saturated carbocycles. The van der Waals surface area contributed by atoms with E-state index in [1.165, 1.54) is 19.4 Å². The molecular formula is C11H23N. The third kappa shape index (κ3) is 2.22. The van der Waals surface area contributed by atoms with Crippen molar-refractivity contribution in [2.24, 2.45) is 5.92 Å². The van der Waals surface area contributed by atoms with E-state index in [0.29, 0.717) is 5.54 Å². The van der Waals surface area contributed by atoms with E-state index in [1.807, 2.05) is 0 Å². The monoisotopic (exact) mass is 169 g/mol. The van der Waals surface area contributed by atoms with Gasteiger partial charge in [-0.05, 0) is 53.0 Å². The second kappa shape index (κ2) is 3.37. The summed E-state index contributed by atoms with van der Waals surface area (Å²) in [6.07, 6.45) is 2.90. The number of nitrogens with zero attached hydrogens (tertiary/aromatic N) is 1. The SMILES string of the molecule is CCN(C(C)C1CC1)C(C)(C)C. The number of hydrogen-bond acceptors (Lipinski definition) is 1. The van der Waals surface area contributed by atoms with Crippen LogP contribution in [-0.4, -0.2) is 23.0 Å². The van der Waals surface area contributed by atoms with Crippen LogP contribution in [0.4, 0.5) is 0 Å². The third-order valence-electron chi connectivity index (χ3n) is 3.00.